The molecule has 2 aromatic heterocycles. The first kappa shape index (κ1) is 15.6. The van der Waals surface area contributed by atoms with Crippen molar-refractivity contribution in [1.82, 2.24) is 9.97 Å². The van der Waals surface area contributed by atoms with Crippen LogP contribution < -0.4 is 5.32 Å². The molecule has 2 heterocycles. The molecule has 0 bridgehead atoms. The fraction of sp³-hybridized carbons (Fsp3) is 0.118. The van der Waals surface area contributed by atoms with Crippen LogP contribution in [0.1, 0.15) is 26.5 Å². The van der Waals surface area contributed by atoms with Gasteiger partial charge in [-0.2, -0.15) is 0 Å². The highest BCUT2D eigenvalue weighted by Gasteiger charge is 2.09. The first-order valence-corrected chi connectivity index (χ1v) is 8.23. The molecule has 0 unspecified atom stereocenters. The lowest BCUT2D eigenvalue weighted by atomic mass is 10.1. The molecule has 1 amide bonds. The molecule has 0 saturated heterocycles. The van der Waals surface area contributed by atoms with Gasteiger partial charge in [0.2, 0.25) is 0 Å². The molecule has 3 rings (SSSR count). The molecule has 0 saturated carbocycles. The SMILES string of the molecule is Cc1ccc(C(=O)Nc2ncc(Cc3ccc(Cl)cc3)s2)cn1. The van der Waals surface area contributed by atoms with E-state index in [4.69, 9.17) is 11.6 Å². The van der Waals surface area contributed by atoms with Gasteiger partial charge in [-0.1, -0.05) is 23.7 Å². The fourth-order valence-corrected chi connectivity index (χ4v) is 2.99. The standard InChI is InChI=1S/C17H14ClN3OS/c1-11-2-5-13(9-19-11)16(22)21-17-20-10-15(23-17)8-12-3-6-14(18)7-4-12/h2-7,9-10H,8H2,1H3,(H,20,21,22). The maximum atomic E-state index is 12.1. The number of pyridine rings is 1. The molecule has 1 N–H and O–H groups in total. The summed E-state index contributed by atoms with van der Waals surface area (Å²) < 4.78 is 0. The minimum absolute atomic E-state index is 0.204. The van der Waals surface area contributed by atoms with Gasteiger partial charge in [-0.3, -0.25) is 15.1 Å². The van der Waals surface area contributed by atoms with E-state index >= 15 is 0 Å². The van der Waals surface area contributed by atoms with Crippen molar-refractivity contribution in [3.05, 3.63) is 75.5 Å². The van der Waals surface area contributed by atoms with E-state index in [-0.39, 0.29) is 5.91 Å². The second-order valence-electron chi connectivity index (χ2n) is 5.08. The minimum Gasteiger partial charge on any atom is -0.298 e. The van der Waals surface area contributed by atoms with E-state index in [1.165, 1.54) is 11.3 Å². The summed E-state index contributed by atoms with van der Waals surface area (Å²) in [6.45, 7) is 1.88. The molecule has 23 heavy (non-hydrogen) atoms. The van der Waals surface area contributed by atoms with E-state index in [2.05, 4.69) is 15.3 Å². The van der Waals surface area contributed by atoms with Gasteiger partial charge in [-0.15, -0.1) is 11.3 Å². The van der Waals surface area contributed by atoms with Crippen LogP contribution in [0.25, 0.3) is 0 Å². The minimum atomic E-state index is -0.204. The number of rotatable bonds is 4. The maximum absolute atomic E-state index is 12.1. The van der Waals surface area contributed by atoms with Crippen LogP contribution >= 0.6 is 22.9 Å². The highest BCUT2D eigenvalue weighted by Crippen LogP contribution is 2.22. The van der Waals surface area contributed by atoms with Crippen LogP contribution in [0.2, 0.25) is 5.02 Å². The number of aryl methyl sites for hydroxylation is 1. The van der Waals surface area contributed by atoms with Crippen molar-refractivity contribution in [2.24, 2.45) is 0 Å². The Morgan fingerprint density at radius 3 is 2.61 bits per heavy atom. The number of anilines is 1. The number of hydrogen-bond donors (Lipinski definition) is 1. The average Bonchev–Trinajstić information content (AvgIpc) is 2.97. The van der Waals surface area contributed by atoms with E-state index in [9.17, 15) is 4.79 Å². The zero-order chi connectivity index (χ0) is 16.2. The fourth-order valence-electron chi connectivity index (χ4n) is 2.02. The maximum Gasteiger partial charge on any atom is 0.259 e. The number of halogens is 1. The van der Waals surface area contributed by atoms with Crippen molar-refractivity contribution in [1.29, 1.82) is 0 Å². The third-order valence-electron chi connectivity index (χ3n) is 3.24. The smallest absolute Gasteiger partial charge is 0.259 e. The summed E-state index contributed by atoms with van der Waals surface area (Å²) in [5, 5.41) is 4.10. The number of nitrogens with zero attached hydrogens (tertiary/aromatic N) is 2. The second kappa shape index (κ2) is 6.89. The summed E-state index contributed by atoms with van der Waals surface area (Å²) in [4.78, 5) is 21.6. The number of amides is 1. The van der Waals surface area contributed by atoms with Crippen molar-refractivity contribution in [3.8, 4) is 0 Å². The van der Waals surface area contributed by atoms with Gasteiger partial charge in [0.1, 0.15) is 0 Å². The van der Waals surface area contributed by atoms with Crippen molar-refractivity contribution < 1.29 is 4.79 Å². The lowest BCUT2D eigenvalue weighted by Gasteiger charge is -2.01. The van der Waals surface area contributed by atoms with E-state index in [0.717, 1.165) is 27.6 Å². The van der Waals surface area contributed by atoms with E-state index in [1.807, 2.05) is 37.3 Å². The molecule has 0 atom stereocenters. The zero-order valence-electron chi connectivity index (χ0n) is 12.4. The number of hydrogen-bond acceptors (Lipinski definition) is 4. The lowest BCUT2D eigenvalue weighted by molar-refractivity contribution is 0.102. The highest BCUT2D eigenvalue weighted by molar-refractivity contribution is 7.15. The first-order valence-electron chi connectivity index (χ1n) is 7.03. The zero-order valence-corrected chi connectivity index (χ0v) is 14.0. The van der Waals surface area contributed by atoms with Crippen LogP contribution in [0.5, 0.6) is 0 Å². The monoisotopic (exact) mass is 343 g/mol. The molecule has 0 radical (unpaired) electrons. The average molecular weight is 344 g/mol. The summed E-state index contributed by atoms with van der Waals surface area (Å²) in [5.74, 6) is -0.204. The summed E-state index contributed by atoms with van der Waals surface area (Å²) in [7, 11) is 0. The quantitative estimate of drug-likeness (QED) is 0.766. The Bertz CT molecular complexity index is 813. The Morgan fingerprint density at radius 1 is 1.13 bits per heavy atom. The van der Waals surface area contributed by atoms with Gasteiger partial charge in [0.25, 0.3) is 5.91 Å². The van der Waals surface area contributed by atoms with Gasteiger partial charge in [0.05, 0.1) is 5.56 Å². The highest BCUT2D eigenvalue weighted by atomic mass is 35.5. The van der Waals surface area contributed by atoms with Crippen molar-refractivity contribution in [2.45, 2.75) is 13.3 Å². The van der Waals surface area contributed by atoms with E-state index in [1.54, 1.807) is 18.5 Å². The molecule has 0 aliphatic carbocycles. The number of nitrogens with one attached hydrogen (secondary N) is 1. The van der Waals surface area contributed by atoms with E-state index in [0.29, 0.717) is 10.7 Å². The molecule has 116 valence electrons. The summed E-state index contributed by atoms with van der Waals surface area (Å²) >= 11 is 7.34. The van der Waals surface area contributed by atoms with Crippen LogP contribution in [0.3, 0.4) is 0 Å². The molecule has 0 aliphatic heterocycles. The Morgan fingerprint density at radius 2 is 1.91 bits per heavy atom. The van der Waals surface area contributed by atoms with Crippen LogP contribution in [0.4, 0.5) is 5.13 Å². The number of carbonyl (C=O) groups excluding carboxylic acids is 1. The lowest BCUT2D eigenvalue weighted by Crippen LogP contribution is -2.11. The van der Waals surface area contributed by atoms with Crippen molar-refractivity contribution >= 4 is 34.0 Å². The largest absolute Gasteiger partial charge is 0.298 e. The number of thiazole rings is 1. The van der Waals surface area contributed by atoms with Crippen molar-refractivity contribution in [2.75, 3.05) is 5.32 Å². The van der Waals surface area contributed by atoms with Crippen LogP contribution in [0.15, 0.2) is 48.8 Å². The number of benzene rings is 1. The molecule has 0 fully saturated rings. The Labute approximate surface area is 143 Å². The van der Waals surface area contributed by atoms with E-state index < -0.39 is 0 Å². The third-order valence-corrected chi connectivity index (χ3v) is 4.40. The molecule has 6 heteroatoms. The number of aromatic nitrogens is 2. The Hall–Kier alpha value is -2.24. The summed E-state index contributed by atoms with van der Waals surface area (Å²) in [6.07, 6.45) is 4.10. The Kier molecular flexibility index (Phi) is 4.69. The van der Waals surface area contributed by atoms with Gasteiger partial charge in [-0.25, -0.2) is 4.98 Å². The molecule has 1 aromatic carbocycles. The first-order chi connectivity index (χ1) is 11.1. The molecule has 3 aromatic rings. The van der Waals surface area contributed by atoms with Gasteiger partial charge in [0.15, 0.2) is 5.13 Å². The van der Waals surface area contributed by atoms with Crippen LogP contribution in [-0.4, -0.2) is 15.9 Å². The predicted octanol–water partition coefficient (Wildman–Crippen LogP) is 4.34. The topological polar surface area (TPSA) is 54.9 Å². The van der Waals surface area contributed by atoms with Crippen LogP contribution in [-0.2, 0) is 6.42 Å². The summed E-state index contributed by atoms with van der Waals surface area (Å²) in [5.41, 5.74) is 2.55. The van der Waals surface area contributed by atoms with Crippen molar-refractivity contribution in [3.63, 3.8) is 0 Å². The van der Waals surface area contributed by atoms with Gasteiger partial charge >= 0.3 is 0 Å². The molecular weight excluding hydrogens is 330 g/mol. The second-order valence-corrected chi connectivity index (χ2v) is 6.63. The van der Waals surface area contributed by atoms with Gasteiger partial charge < -0.3 is 0 Å². The molecule has 0 aliphatic rings. The summed E-state index contributed by atoms with van der Waals surface area (Å²) in [6, 6.07) is 11.3. The molecular formula is C17H14ClN3OS. The molecule has 0 spiro atoms. The third kappa shape index (κ3) is 4.15. The normalized spacial score (nSPS) is 10.5. The Balaban J connectivity index is 1.66. The van der Waals surface area contributed by atoms with Gasteiger partial charge in [-0.05, 0) is 36.8 Å². The number of carbonyl (C=O) groups is 1. The van der Waals surface area contributed by atoms with Gasteiger partial charge in [0, 0.05) is 34.4 Å². The molecule has 4 nitrogen and oxygen atoms in total. The van der Waals surface area contributed by atoms with Crippen LogP contribution in [0, 0.1) is 6.92 Å². The predicted molar refractivity (Wildman–Crippen MR) is 93.3 cm³/mol.